The van der Waals surface area contributed by atoms with Crippen molar-refractivity contribution in [2.75, 3.05) is 71.0 Å². The van der Waals surface area contributed by atoms with Crippen molar-refractivity contribution in [2.45, 2.75) is 89.7 Å². The Morgan fingerprint density at radius 1 is 1.13 bits per heavy atom. The number of sulfonamides is 1. The summed E-state index contributed by atoms with van der Waals surface area (Å²) in [7, 11) is -1.94. The molecule has 1 unspecified atom stereocenters. The van der Waals surface area contributed by atoms with Crippen LogP contribution in [0.4, 0.5) is 5.69 Å². The molecule has 53 heavy (non-hydrogen) atoms. The molecule has 0 bridgehead atoms. The molecular formula is C41H59ClN4O6S. The van der Waals surface area contributed by atoms with Crippen molar-refractivity contribution in [3.63, 3.8) is 0 Å². The Balaban J connectivity index is 1.32. The average molecular weight is 771 g/mol. The number of nitrogens with one attached hydrogen (secondary N) is 1. The predicted octanol–water partition coefficient (Wildman–Crippen LogP) is 6.31. The minimum atomic E-state index is -3.81. The molecule has 3 fully saturated rings. The lowest BCUT2D eigenvalue weighted by molar-refractivity contribution is -0.135. The largest absolute Gasteiger partial charge is 0.487 e. The Kier molecular flexibility index (Phi) is 12.8. The third-order valence-corrected chi connectivity index (χ3v) is 14.0. The van der Waals surface area contributed by atoms with Gasteiger partial charge in [0.1, 0.15) is 18.0 Å². The van der Waals surface area contributed by atoms with Crippen LogP contribution in [0.25, 0.3) is 0 Å². The molecule has 3 aliphatic heterocycles. The molecule has 4 atom stereocenters. The summed E-state index contributed by atoms with van der Waals surface area (Å²) in [6, 6.07) is 11.6. The van der Waals surface area contributed by atoms with Gasteiger partial charge in [-0.1, -0.05) is 43.7 Å². The lowest BCUT2D eigenvalue weighted by atomic mass is 9.54. The van der Waals surface area contributed by atoms with Gasteiger partial charge >= 0.3 is 0 Å². The van der Waals surface area contributed by atoms with E-state index in [9.17, 15) is 13.2 Å². The van der Waals surface area contributed by atoms with Crippen LogP contribution in [0, 0.1) is 11.3 Å². The van der Waals surface area contributed by atoms with E-state index in [2.05, 4.69) is 45.4 Å². The fourth-order valence-corrected chi connectivity index (χ4v) is 9.58. The van der Waals surface area contributed by atoms with Gasteiger partial charge in [0.15, 0.2) is 0 Å². The number of aryl methyl sites for hydroxylation is 1. The van der Waals surface area contributed by atoms with Crippen molar-refractivity contribution in [1.29, 1.82) is 0 Å². The molecule has 1 amide bonds. The van der Waals surface area contributed by atoms with E-state index in [-0.39, 0.29) is 16.9 Å². The van der Waals surface area contributed by atoms with E-state index < -0.39 is 26.8 Å². The summed E-state index contributed by atoms with van der Waals surface area (Å²) < 4.78 is 46.8. The summed E-state index contributed by atoms with van der Waals surface area (Å²) in [5, 5.41) is -0.0253. The monoisotopic (exact) mass is 770 g/mol. The average Bonchev–Trinajstić information content (AvgIpc) is 3.16. The Hall–Kier alpha value is -2.67. The van der Waals surface area contributed by atoms with E-state index in [1.807, 2.05) is 37.4 Å². The molecule has 6 rings (SSSR count). The topological polar surface area (TPSA) is 101 Å². The molecule has 0 spiro atoms. The van der Waals surface area contributed by atoms with E-state index in [1.54, 1.807) is 19.9 Å². The first kappa shape index (κ1) is 40.0. The molecule has 292 valence electrons. The molecule has 0 radical (unpaired) electrons. The summed E-state index contributed by atoms with van der Waals surface area (Å²) in [5.41, 5.74) is 2.75. The summed E-state index contributed by atoms with van der Waals surface area (Å²) in [6.07, 6.45) is 10.4. The zero-order valence-electron chi connectivity index (χ0n) is 32.2. The molecule has 3 heterocycles. The van der Waals surface area contributed by atoms with Crippen molar-refractivity contribution >= 4 is 33.2 Å². The van der Waals surface area contributed by atoms with Crippen molar-refractivity contribution in [3.05, 3.63) is 70.3 Å². The van der Waals surface area contributed by atoms with Gasteiger partial charge in [0.2, 0.25) is 10.0 Å². The number of fused-ring (bicyclic) bond motifs is 3. The van der Waals surface area contributed by atoms with Crippen LogP contribution in [0.2, 0.25) is 5.02 Å². The molecule has 2 aromatic carbocycles. The van der Waals surface area contributed by atoms with E-state index in [1.165, 1.54) is 5.56 Å². The second kappa shape index (κ2) is 17.0. The third kappa shape index (κ3) is 9.08. The zero-order valence-corrected chi connectivity index (χ0v) is 33.8. The van der Waals surface area contributed by atoms with Crippen molar-refractivity contribution in [1.82, 2.24) is 14.5 Å². The normalized spacial score (nSPS) is 25.7. The van der Waals surface area contributed by atoms with Gasteiger partial charge in [0.05, 0.1) is 24.2 Å². The minimum absolute atomic E-state index is 0.114. The van der Waals surface area contributed by atoms with E-state index in [0.29, 0.717) is 23.4 Å². The molecule has 1 saturated carbocycles. The van der Waals surface area contributed by atoms with Crippen LogP contribution in [0.3, 0.4) is 0 Å². The summed E-state index contributed by atoms with van der Waals surface area (Å²) in [4.78, 5) is 21.0. The van der Waals surface area contributed by atoms with Gasteiger partial charge < -0.3 is 19.1 Å². The summed E-state index contributed by atoms with van der Waals surface area (Å²) in [5.74, 6) is 0.266. The van der Waals surface area contributed by atoms with Gasteiger partial charge in [0.25, 0.3) is 5.91 Å². The number of ether oxygens (including phenoxy) is 3. The quantitative estimate of drug-likeness (QED) is 0.264. The fourth-order valence-electron chi connectivity index (χ4n) is 8.78. The number of piperazine rings is 1. The van der Waals surface area contributed by atoms with Crippen molar-refractivity contribution in [2.24, 2.45) is 11.3 Å². The molecule has 2 saturated heterocycles. The number of hydrogen-bond donors (Lipinski definition) is 1. The Bertz CT molecular complexity index is 1740. The Morgan fingerprint density at radius 3 is 2.70 bits per heavy atom. The van der Waals surface area contributed by atoms with Crippen LogP contribution < -0.4 is 14.4 Å². The Morgan fingerprint density at radius 2 is 1.96 bits per heavy atom. The van der Waals surface area contributed by atoms with Gasteiger partial charge in [0, 0.05) is 69.6 Å². The summed E-state index contributed by atoms with van der Waals surface area (Å²) >= 11 is 6.42. The Labute approximate surface area is 322 Å². The fraction of sp³-hybridized carbons (Fsp3) is 0.634. The number of allylic oxidation sites excluding steroid dienone is 1. The van der Waals surface area contributed by atoms with E-state index >= 15 is 0 Å². The van der Waals surface area contributed by atoms with E-state index in [4.69, 9.17) is 25.8 Å². The number of methoxy groups -OCH3 is 1. The number of amides is 1. The van der Waals surface area contributed by atoms with Gasteiger partial charge in [-0.15, -0.1) is 0 Å². The number of benzene rings is 2. The first-order chi connectivity index (χ1) is 25.4. The maximum atomic E-state index is 13.4. The molecular weight excluding hydrogens is 712 g/mol. The number of rotatable bonds is 11. The van der Waals surface area contributed by atoms with Crippen LogP contribution in [-0.2, 0) is 32.5 Å². The number of morpholine rings is 1. The number of hydrogen-bond acceptors (Lipinski definition) is 9. The lowest BCUT2D eigenvalue weighted by Crippen LogP contribution is -2.64. The molecule has 12 heteroatoms. The number of carbonyl (C=O) groups excluding carboxylic acids is 1. The van der Waals surface area contributed by atoms with Crippen LogP contribution in [0.5, 0.6) is 5.75 Å². The molecule has 1 aliphatic carbocycles. The van der Waals surface area contributed by atoms with Crippen LogP contribution in [-0.4, -0.2) is 107 Å². The number of carbonyl (C=O) groups is 1. The lowest BCUT2D eigenvalue weighted by Gasteiger charge is -2.58. The second-order valence-electron chi connectivity index (χ2n) is 16.0. The van der Waals surface area contributed by atoms with Crippen LogP contribution in [0.15, 0.2) is 48.6 Å². The standard InChI is InChI=1S/C41H59ClN4O6S/c1-6-7-16-41(50-5,29-44-19-20-45-21-22-51-27-35(45)25-44)38-15-17-40(38,4)28-46-18-9-8-10-31-23-34(42)13-11-33(31)26-52-37-14-12-32(24-36(37)46)39(47)43-53(48,49)30(2)3/h7,11-14,16,23-24,30,35,38H,6,8-10,15,17-22,25-29H2,1-5H3,(H,43,47)/b16-7+/t35-,38+,40?,41+/m0/s1. The highest BCUT2D eigenvalue weighted by atomic mass is 35.5. The van der Waals surface area contributed by atoms with Crippen molar-refractivity contribution < 1.29 is 27.4 Å². The zero-order chi connectivity index (χ0) is 37.8. The molecule has 4 aliphatic rings. The SMILES string of the molecule is CC/C=C/[C@](CN1CCN2CCOC[C@@H]2C1)(OC)[C@@H]1CCC1(C)CN1CCCCc2cc(Cl)ccc2COc2ccc(C(=O)NS(=O)(=O)C(C)C)cc21. The first-order valence-electron chi connectivity index (χ1n) is 19.5. The van der Waals surface area contributed by atoms with Crippen LogP contribution in [0.1, 0.15) is 81.3 Å². The smallest absolute Gasteiger partial charge is 0.264 e. The highest BCUT2D eigenvalue weighted by Gasteiger charge is 2.55. The maximum Gasteiger partial charge on any atom is 0.264 e. The molecule has 2 aromatic rings. The molecule has 1 N–H and O–H groups in total. The van der Waals surface area contributed by atoms with Crippen molar-refractivity contribution in [3.8, 4) is 5.75 Å². The van der Waals surface area contributed by atoms with Gasteiger partial charge in [-0.3, -0.25) is 14.6 Å². The first-order valence-corrected chi connectivity index (χ1v) is 21.4. The predicted molar refractivity (Wildman–Crippen MR) is 212 cm³/mol. The number of nitrogens with zero attached hydrogens (tertiary/aromatic N) is 3. The molecule has 0 aromatic heterocycles. The highest BCUT2D eigenvalue weighted by Crippen LogP contribution is 2.55. The molecule has 10 nitrogen and oxygen atoms in total. The van der Waals surface area contributed by atoms with Gasteiger partial charge in [-0.2, -0.15) is 0 Å². The number of halogens is 1. The van der Waals surface area contributed by atoms with Crippen LogP contribution >= 0.6 is 11.6 Å². The highest BCUT2D eigenvalue weighted by molar-refractivity contribution is 7.90. The summed E-state index contributed by atoms with van der Waals surface area (Å²) in [6.45, 7) is 15.9. The van der Waals surface area contributed by atoms with Gasteiger partial charge in [-0.05, 0) is 105 Å². The number of anilines is 1. The third-order valence-electron chi connectivity index (χ3n) is 12.1. The van der Waals surface area contributed by atoms with Gasteiger partial charge in [-0.25, -0.2) is 13.1 Å². The maximum absolute atomic E-state index is 13.4. The minimum Gasteiger partial charge on any atom is -0.487 e. The second-order valence-corrected chi connectivity index (χ2v) is 18.7. The van der Waals surface area contributed by atoms with E-state index in [0.717, 1.165) is 109 Å².